The van der Waals surface area contributed by atoms with E-state index in [0.29, 0.717) is 12.0 Å². The lowest BCUT2D eigenvalue weighted by Crippen LogP contribution is -1.99. The van der Waals surface area contributed by atoms with E-state index in [2.05, 4.69) is 6.92 Å². The number of unbranched alkanes of at least 4 members (excludes halogenated alkanes) is 6. The summed E-state index contributed by atoms with van der Waals surface area (Å²) in [7, 11) is 0. The molecule has 0 aliphatic heterocycles. The van der Waals surface area contributed by atoms with Crippen LogP contribution in [-0.4, -0.2) is 5.11 Å². The molecule has 1 nitrogen and oxygen atoms in total. The molecule has 1 rings (SSSR count). The van der Waals surface area contributed by atoms with E-state index in [1.54, 1.807) is 12.1 Å². The molecular formula is C16H24ClFO. The van der Waals surface area contributed by atoms with Crippen LogP contribution in [0.2, 0.25) is 5.02 Å². The zero-order chi connectivity index (χ0) is 14.1. The zero-order valence-corrected chi connectivity index (χ0v) is 12.4. The standard InChI is InChI=1S/C16H24ClFO/c1-2-3-4-5-6-7-8-12-15(19)13-10-9-11-14(18)16(13)17/h9-11,15,19H,2-8,12H2,1H3. The van der Waals surface area contributed by atoms with Gasteiger partial charge < -0.3 is 5.11 Å². The summed E-state index contributed by atoms with van der Waals surface area (Å²) in [6, 6.07) is 4.59. The number of aliphatic hydroxyl groups is 1. The molecule has 0 amide bonds. The van der Waals surface area contributed by atoms with Gasteiger partial charge in [-0.25, -0.2) is 4.39 Å². The molecule has 0 aromatic heterocycles. The van der Waals surface area contributed by atoms with Crippen molar-refractivity contribution < 1.29 is 9.50 Å². The topological polar surface area (TPSA) is 20.2 Å². The van der Waals surface area contributed by atoms with Crippen LogP contribution < -0.4 is 0 Å². The van der Waals surface area contributed by atoms with Gasteiger partial charge in [0.1, 0.15) is 5.82 Å². The number of halogens is 2. The minimum absolute atomic E-state index is 0.0537. The third kappa shape index (κ3) is 5.92. The summed E-state index contributed by atoms with van der Waals surface area (Å²) in [5, 5.41) is 10.1. The summed E-state index contributed by atoms with van der Waals surface area (Å²) in [4.78, 5) is 0. The van der Waals surface area contributed by atoms with Crippen LogP contribution in [-0.2, 0) is 0 Å². The Morgan fingerprint density at radius 2 is 1.74 bits per heavy atom. The van der Waals surface area contributed by atoms with Crippen molar-refractivity contribution in [3.8, 4) is 0 Å². The monoisotopic (exact) mass is 286 g/mol. The molecule has 0 aliphatic rings. The van der Waals surface area contributed by atoms with Crippen LogP contribution >= 0.6 is 11.6 Å². The van der Waals surface area contributed by atoms with Gasteiger partial charge in [0.05, 0.1) is 11.1 Å². The molecule has 0 heterocycles. The summed E-state index contributed by atoms with van der Waals surface area (Å²) in [5.41, 5.74) is 0.507. The van der Waals surface area contributed by atoms with Crippen molar-refractivity contribution >= 4 is 11.6 Å². The molecule has 0 saturated carbocycles. The largest absolute Gasteiger partial charge is 0.388 e. The Labute approximate surface area is 120 Å². The fraction of sp³-hybridized carbons (Fsp3) is 0.625. The highest BCUT2D eigenvalue weighted by Gasteiger charge is 2.13. The van der Waals surface area contributed by atoms with Crippen molar-refractivity contribution in [2.45, 2.75) is 64.4 Å². The van der Waals surface area contributed by atoms with Crippen LogP contribution in [0.3, 0.4) is 0 Å². The van der Waals surface area contributed by atoms with E-state index in [9.17, 15) is 9.50 Å². The molecule has 0 aliphatic carbocycles. The first-order valence-electron chi connectivity index (χ1n) is 7.28. The second kappa shape index (κ2) is 9.33. The Hall–Kier alpha value is -0.600. The maximum Gasteiger partial charge on any atom is 0.142 e. The quantitative estimate of drug-likeness (QED) is 0.581. The Kier molecular flexibility index (Phi) is 8.08. The molecule has 0 fully saturated rings. The number of rotatable bonds is 9. The highest BCUT2D eigenvalue weighted by Crippen LogP contribution is 2.28. The van der Waals surface area contributed by atoms with Crippen LogP contribution in [0.1, 0.15) is 70.0 Å². The first kappa shape index (κ1) is 16.5. The highest BCUT2D eigenvalue weighted by atomic mass is 35.5. The van der Waals surface area contributed by atoms with Gasteiger partial charge in [-0.15, -0.1) is 0 Å². The first-order chi connectivity index (χ1) is 9.16. The smallest absolute Gasteiger partial charge is 0.142 e. The molecule has 108 valence electrons. The molecule has 0 spiro atoms. The maximum absolute atomic E-state index is 13.3. The molecule has 1 unspecified atom stereocenters. The molecule has 3 heteroatoms. The predicted molar refractivity (Wildman–Crippen MR) is 79.0 cm³/mol. The lowest BCUT2D eigenvalue weighted by molar-refractivity contribution is 0.163. The van der Waals surface area contributed by atoms with E-state index < -0.39 is 11.9 Å². The van der Waals surface area contributed by atoms with Crippen LogP contribution in [0.4, 0.5) is 4.39 Å². The third-order valence-electron chi connectivity index (χ3n) is 3.42. The van der Waals surface area contributed by atoms with Crippen LogP contribution in [0.15, 0.2) is 18.2 Å². The van der Waals surface area contributed by atoms with Crippen molar-refractivity contribution in [3.63, 3.8) is 0 Å². The SMILES string of the molecule is CCCCCCCCCC(O)c1cccc(F)c1Cl. The Bertz CT molecular complexity index is 368. The highest BCUT2D eigenvalue weighted by molar-refractivity contribution is 6.31. The van der Waals surface area contributed by atoms with Crippen molar-refractivity contribution in [2.24, 2.45) is 0 Å². The maximum atomic E-state index is 13.3. The third-order valence-corrected chi connectivity index (χ3v) is 3.82. The van der Waals surface area contributed by atoms with Crippen molar-refractivity contribution in [1.82, 2.24) is 0 Å². The number of benzene rings is 1. The van der Waals surface area contributed by atoms with Crippen molar-refractivity contribution in [3.05, 3.63) is 34.6 Å². The molecule has 19 heavy (non-hydrogen) atoms. The molecule has 1 aromatic carbocycles. The van der Waals surface area contributed by atoms with Gasteiger partial charge in [-0.1, -0.05) is 75.6 Å². The van der Waals surface area contributed by atoms with E-state index in [1.165, 1.54) is 38.2 Å². The molecule has 1 aromatic rings. The van der Waals surface area contributed by atoms with Gasteiger partial charge in [0.15, 0.2) is 0 Å². The average molecular weight is 287 g/mol. The molecule has 1 atom stereocenters. The van der Waals surface area contributed by atoms with Crippen LogP contribution in [0, 0.1) is 5.82 Å². The van der Waals surface area contributed by atoms with Gasteiger partial charge in [-0.3, -0.25) is 0 Å². The Morgan fingerprint density at radius 3 is 2.42 bits per heavy atom. The average Bonchev–Trinajstić information content (AvgIpc) is 2.40. The molecule has 0 saturated heterocycles. The number of hydrogen-bond acceptors (Lipinski definition) is 1. The summed E-state index contributed by atoms with van der Waals surface area (Å²) >= 11 is 5.85. The second-order valence-corrected chi connectivity index (χ2v) is 5.45. The minimum atomic E-state index is -0.654. The lowest BCUT2D eigenvalue weighted by atomic mass is 10.0. The Morgan fingerprint density at radius 1 is 1.11 bits per heavy atom. The molecule has 1 N–H and O–H groups in total. The van der Waals surface area contributed by atoms with E-state index in [1.807, 2.05) is 0 Å². The van der Waals surface area contributed by atoms with Crippen LogP contribution in [0.25, 0.3) is 0 Å². The summed E-state index contributed by atoms with van der Waals surface area (Å²) < 4.78 is 13.3. The van der Waals surface area contributed by atoms with Gasteiger partial charge >= 0.3 is 0 Å². The van der Waals surface area contributed by atoms with Gasteiger partial charge in [-0.2, -0.15) is 0 Å². The zero-order valence-electron chi connectivity index (χ0n) is 11.7. The van der Waals surface area contributed by atoms with E-state index in [0.717, 1.165) is 12.8 Å². The minimum Gasteiger partial charge on any atom is -0.388 e. The Balaban J connectivity index is 2.24. The van der Waals surface area contributed by atoms with Gasteiger partial charge in [0, 0.05) is 5.56 Å². The lowest BCUT2D eigenvalue weighted by Gasteiger charge is -2.12. The van der Waals surface area contributed by atoms with Gasteiger partial charge in [0.2, 0.25) is 0 Å². The summed E-state index contributed by atoms with van der Waals surface area (Å²) in [5.74, 6) is -0.460. The second-order valence-electron chi connectivity index (χ2n) is 5.07. The van der Waals surface area contributed by atoms with Crippen LogP contribution in [0.5, 0.6) is 0 Å². The molecular weight excluding hydrogens is 263 g/mol. The van der Waals surface area contributed by atoms with Gasteiger partial charge in [-0.05, 0) is 12.5 Å². The molecule has 0 bridgehead atoms. The van der Waals surface area contributed by atoms with E-state index in [-0.39, 0.29) is 5.02 Å². The normalized spacial score (nSPS) is 12.6. The molecule has 0 radical (unpaired) electrons. The summed E-state index contributed by atoms with van der Waals surface area (Å²) in [6.45, 7) is 2.21. The fourth-order valence-corrected chi connectivity index (χ4v) is 2.48. The predicted octanol–water partition coefficient (Wildman–Crippen LogP) is 5.65. The summed E-state index contributed by atoms with van der Waals surface area (Å²) in [6.07, 6.45) is 8.42. The number of hydrogen-bond donors (Lipinski definition) is 1. The number of aliphatic hydroxyl groups excluding tert-OH is 1. The fourth-order valence-electron chi connectivity index (χ4n) is 2.23. The van der Waals surface area contributed by atoms with Crippen molar-refractivity contribution in [2.75, 3.05) is 0 Å². The first-order valence-corrected chi connectivity index (χ1v) is 7.66. The van der Waals surface area contributed by atoms with E-state index in [4.69, 9.17) is 11.6 Å². The van der Waals surface area contributed by atoms with Crippen molar-refractivity contribution in [1.29, 1.82) is 0 Å². The van der Waals surface area contributed by atoms with Gasteiger partial charge in [0.25, 0.3) is 0 Å². The van der Waals surface area contributed by atoms with E-state index >= 15 is 0 Å².